The summed E-state index contributed by atoms with van der Waals surface area (Å²) in [5.41, 5.74) is 5.19. The molecular weight excluding hydrogens is 196 g/mol. The minimum Gasteiger partial charge on any atom is -0.409 e. The van der Waals surface area contributed by atoms with Crippen molar-refractivity contribution in [1.82, 2.24) is 10.2 Å². The maximum absolute atomic E-state index is 11.2. The van der Waals surface area contributed by atoms with Crippen LogP contribution in [0.25, 0.3) is 0 Å². The Balaban J connectivity index is 2.05. The van der Waals surface area contributed by atoms with E-state index in [1.54, 1.807) is 0 Å². The van der Waals surface area contributed by atoms with Crippen LogP contribution in [0.3, 0.4) is 0 Å². The lowest BCUT2D eigenvalue weighted by Crippen LogP contribution is -2.35. The highest BCUT2D eigenvalue weighted by atomic mass is 16.4. The van der Waals surface area contributed by atoms with E-state index >= 15 is 0 Å². The molecule has 0 atom stereocenters. The van der Waals surface area contributed by atoms with Crippen molar-refractivity contribution in [2.24, 2.45) is 10.9 Å². The molecule has 0 bridgehead atoms. The molecule has 0 saturated heterocycles. The van der Waals surface area contributed by atoms with Crippen LogP contribution >= 0.6 is 0 Å². The van der Waals surface area contributed by atoms with Crippen molar-refractivity contribution in [1.29, 1.82) is 0 Å². The predicted molar refractivity (Wildman–Crippen MR) is 56.7 cm³/mol. The molecule has 4 N–H and O–H groups in total. The number of oxime groups is 1. The number of hydrogen-bond donors (Lipinski definition) is 3. The van der Waals surface area contributed by atoms with Gasteiger partial charge in [-0.15, -0.1) is 0 Å². The van der Waals surface area contributed by atoms with Crippen molar-refractivity contribution in [2.45, 2.75) is 25.3 Å². The zero-order valence-electron chi connectivity index (χ0n) is 8.94. The number of carbonyl (C=O) groups excluding carboxylic acids is 1. The van der Waals surface area contributed by atoms with E-state index in [0.717, 1.165) is 6.54 Å². The first-order valence-electron chi connectivity index (χ1n) is 5.07. The standard InChI is InChI=1S/C9H18N4O2/c1-13(7-2-3-7)5-4-11-9(14)6-8(10)12-15/h7,15H,2-6H2,1H3,(H2,10,12)(H,11,14). The van der Waals surface area contributed by atoms with E-state index in [1.165, 1.54) is 12.8 Å². The summed E-state index contributed by atoms with van der Waals surface area (Å²) >= 11 is 0. The molecule has 0 spiro atoms. The molecule has 1 aliphatic rings. The summed E-state index contributed by atoms with van der Waals surface area (Å²) in [5.74, 6) is -0.280. The summed E-state index contributed by atoms with van der Waals surface area (Å²) in [7, 11) is 2.05. The number of carbonyl (C=O) groups is 1. The highest BCUT2D eigenvalue weighted by Crippen LogP contribution is 2.24. The monoisotopic (exact) mass is 214 g/mol. The molecule has 1 saturated carbocycles. The number of rotatable bonds is 6. The molecule has 0 heterocycles. The summed E-state index contributed by atoms with van der Waals surface area (Å²) in [6.45, 7) is 1.44. The Hall–Kier alpha value is -1.30. The van der Waals surface area contributed by atoms with E-state index in [-0.39, 0.29) is 18.2 Å². The summed E-state index contributed by atoms with van der Waals surface area (Å²) in [4.78, 5) is 13.4. The minimum atomic E-state index is -0.213. The van der Waals surface area contributed by atoms with Gasteiger partial charge in [0.15, 0.2) is 0 Å². The highest BCUT2D eigenvalue weighted by molar-refractivity contribution is 5.98. The SMILES string of the molecule is CN(CCNC(=O)CC(N)=NO)C1CC1. The molecule has 1 fully saturated rings. The fourth-order valence-corrected chi connectivity index (χ4v) is 1.33. The Labute approximate surface area is 89.1 Å². The summed E-state index contributed by atoms with van der Waals surface area (Å²) in [5, 5.41) is 13.7. The van der Waals surface area contributed by atoms with Crippen LogP contribution in [0.2, 0.25) is 0 Å². The fourth-order valence-electron chi connectivity index (χ4n) is 1.33. The van der Waals surface area contributed by atoms with Crippen LogP contribution in [-0.2, 0) is 4.79 Å². The van der Waals surface area contributed by atoms with Gasteiger partial charge in [0, 0.05) is 19.1 Å². The van der Waals surface area contributed by atoms with Crippen molar-refractivity contribution in [3.05, 3.63) is 0 Å². The predicted octanol–water partition coefficient (Wildman–Crippen LogP) is -0.667. The molecule has 0 aliphatic heterocycles. The Morgan fingerprint density at radius 1 is 1.67 bits per heavy atom. The summed E-state index contributed by atoms with van der Waals surface area (Å²) < 4.78 is 0. The van der Waals surface area contributed by atoms with Gasteiger partial charge in [-0.2, -0.15) is 0 Å². The van der Waals surface area contributed by atoms with E-state index in [1.807, 2.05) is 7.05 Å². The Morgan fingerprint density at radius 2 is 2.33 bits per heavy atom. The van der Waals surface area contributed by atoms with E-state index in [0.29, 0.717) is 12.6 Å². The molecule has 0 aromatic heterocycles. The van der Waals surface area contributed by atoms with E-state index < -0.39 is 0 Å². The van der Waals surface area contributed by atoms with Crippen molar-refractivity contribution < 1.29 is 10.0 Å². The summed E-state index contributed by atoms with van der Waals surface area (Å²) in [6.07, 6.45) is 2.47. The van der Waals surface area contributed by atoms with Crippen molar-refractivity contribution in [3.8, 4) is 0 Å². The number of likely N-dealkylation sites (N-methyl/N-ethyl adjacent to an activating group) is 1. The maximum Gasteiger partial charge on any atom is 0.227 e. The lowest BCUT2D eigenvalue weighted by Gasteiger charge is -2.15. The van der Waals surface area contributed by atoms with Gasteiger partial charge in [0.1, 0.15) is 5.84 Å². The Bertz CT molecular complexity index is 250. The van der Waals surface area contributed by atoms with Gasteiger partial charge in [0.25, 0.3) is 0 Å². The molecule has 0 radical (unpaired) electrons. The lowest BCUT2D eigenvalue weighted by atomic mass is 10.3. The molecule has 1 aliphatic carbocycles. The third-order valence-corrected chi connectivity index (χ3v) is 2.43. The van der Waals surface area contributed by atoms with Crippen LogP contribution in [0.5, 0.6) is 0 Å². The van der Waals surface area contributed by atoms with Gasteiger partial charge in [-0.25, -0.2) is 0 Å². The normalized spacial score (nSPS) is 16.8. The summed E-state index contributed by atoms with van der Waals surface area (Å²) in [6, 6.07) is 0.700. The molecule has 15 heavy (non-hydrogen) atoms. The van der Waals surface area contributed by atoms with E-state index in [9.17, 15) is 4.79 Å². The van der Waals surface area contributed by atoms with Gasteiger partial charge in [-0.05, 0) is 19.9 Å². The third-order valence-electron chi connectivity index (χ3n) is 2.43. The van der Waals surface area contributed by atoms with Crippen LogP contribution in [0.15, 0.2) is 5.16 Å². The van der Waals surface area contributed by atoms with E-state index in [4.69, 9.17) is 10.9 Å². The first kappa shape index (κ1) is 11.8. The molecule has 0 unspecified atom stereocenters. The van der Waals surface area contributed by atoms with Gasteiger partial charge in [0.05, 0.1) is 6.42 Å². The van der Waals surface area contributed by atoms with Crippen molar-refractivity contribution in [3.63, 3.8) is 0 Å². The first-order chi connectivity index (χ1) is 7.13. The number of nitrogens with two attached hydrogens (primary N) is 1. The second kappa shape index (κ2) is 5.55. The third kappa shape index (κ3) is 4.64. The average molecular weight is 214 g/mol. The molecular formula is C9H18N4O2. The number of amidine groups is 1. The quantitative estimate of drug-likeness (QED) is 0.237. The van der Waals surface area contributed by atoms with Crippen LogP contribution in [0.1, 0.15) is 19.3 Å². The lowest BCUT2D eigenvalue weighted by molar-refractivity contribution is -0.120. The second-order valence-corrected chi connectivity index (χ2v) is 3.83. The molecule has 1 rings (SSSR count). The molecule has 6 nitrogen and oxygen atoms in total. The van der Waals surface area contributed by atoms with Crippen LogP contribution in [0.4, 0.5) is 0 Å². The Morgan fingerprint density at radius 3 is 2.87 bits per heavy atom. The van der Waals surface area contributed by atoms with Gasteiger partial charge in [-0.3, -0.25) is 4.79 Å². The maximum atomic E-state index is 11.2. The van der Waals surface area contributed by atoms with Crippen molar-refractivity contribution in [2.75, 3.05) is 20.1 Å². The number of hydrogen-bond acceptors (Lipinski definition) is 4. The molecule has 6 heteroatoms. The molecule has 0 aromatic rings. The zero-order valence-corrected chi connectivity index (χ0v) is 8.94. The van der Waals surface area contributed by atoms with E-state index in [2.05, 4.69) is 15.4 Å². The van der Waals surface area contributed by atoms with Crippen LogP contribution in [0, 0.1) is 0 Å². The smallest absolute Gasteiger partial charge is 0.227 e. The minimum absolute atomic E-state index is 0.0519. The van der Waals surface area contributed by atoms with Crippen molar-refractivity contribution >= 4 is 11.7 Å². The average Bonchev–Trinajstić information content (AvgIpc) is 3.00. The first-order valence-corrected chi connectivity index (χ1v) is 5.07. The molecule has 1 amide bonds. The van der Waals surface area contributed by atoms with Gasteiger partial charge in [-0.1, -0.05) is 5.16 Å². The molecule has 0 aromatic carbocycles. The highest BCUT2D eigenvalue weighted by Gasteiger charge is 2.25. The second-order valence-electron chi connectivity index (χ2n) is 3.83. The van der Waals surface area contributed by atoms with Gasteiger partial charge >= 0.3 is 0 Å². The van der Waals surface area contributed by atoms with Crippen LogP contribution in [-0.4, -0.2) is 48.0 Å². The fraction of sp³-hybridized carbons (Fsp3) is 0.778. The molecule has 86 valence electrons. The number of amides is 1. The largest absolute Gasteiger partial charge is 0.409 e. The van der Waals surface area contributed by atoms with Gasteiger partial charge < -0.3 is 21.2 Å². The number of nitrogens with one attached hydrogen (secondary N) is 1. The Kier molecular flexibility index (Phi) is 4.36. The number of nitrogens with zero attached hydrogens (tertiary/aromatic N) is 2. The topological polar surface area (TPSA) is 91.0 Å². The zero-order chi connectivity index (χ0) is 11.3. The van der Waals surface area contributed by atoms with Crippen LogP contribution < -0.4 is 11.1 Å². The van der Waals surface area contributed by atoms with Gasteiger partial charge in [0.2, 0.25) is 5.91 Å².